The molecule has 1 saturated heterocycles. The third kappa shape index (κ3) is 3.35. The molecule has 1 amide bonds. The van der Waals surface area contributed by atoms with Crippen LogP contribution in [0.25, 0.3) is 11.1 Å². The lowest BCUT2D eigenvalue weighted by molar-refractivity contribution is -0.120. The number of amides is 1. The number of hydrogen-bond acceptors (Lipinski definition) is 5. The summed E-state index contributed by atoms with van der Waals surface area (Å²) in [5.74, 6) is 1.72. The van der Waals surface area contributed by atoms with Crippen molar-refractivity contribution in [3.8, 4) is 0 Å². The van der Waals surface area contributed by atoms with Crippen LogP contribution in [0.2, 0.25) is 0 Å². The van der Waals surface area contributed by atoms with Crippen molar-refractivity contribution in [3.63, 3.8) is 0 Å². The van der Waals surface area contributed by atoms with Crippen molar-refractivity contribution in [1.82, 2.24) is 9.97 Å². The van der Waals surface area contributed by atoms with Crippen LogP contribution in [0.15, 0.2) is 28.9 Å². The molecule has 1 atom stereocenters. The van der Waals surface area contributed by atoms with E-state index in [2.05, 4.69) is 33.2 Å². The molecule has 0 unspecified atom stereocenters. The molecule has 0 spiro atoms. The molecule has 6 nitrogen and oxygen atoms in total. The Bertz CT molecular complexity index is 1040. The predicted octanol–water partition coefficient (Wildman–Crippen LogP) is 4.31. The Balaban J connectivity index is 1.56. The molecule has 2 aromatic heterocycles. The van der Waals surface area contributed by atoms with Gasteiger partial charge in [0.2, 0.25) is 11.6 Å². The smallest absolute Gasteiger partial charge is 0.231 e. The minimum Gasteiger partial charge on any atom is -0.443 e. The summed E-state index contributed by atoms with van der Waals surface area (Å²) >= 11 is 0. The van der Waals surface area contributed by atoms with Gasteiger partial charge in [-0.15, -0.1) is 0 Å². The summed E-state index contributed by atoms with van der Waals surface area (Å²) in [5.41, 5.74) is 4.84. The quantitative estimate of drug-likeness (QED) is 0.735. The van der Waals surface area contributed by atoms with E-state index in [9.17, 15) is 4.79 Å². The van der Waals surface area contributed by atoms with Crippen molar-refractivity contribution in [3.05, 3.63) is 47.0 Å². The molecule has 1 aliphatic heterocycles. The summed E-state index contributed by atoms with van der Waals surface area (Å²) in [6.45, 7) is 9.58. The molecule has 1 fully saturated rings. The van der Waals surface area contributed by atoms with E-state index in [-0.39, 0.29) is 11.8 Å². The van der Waals surface area contributed by atoms with Gasteiger partial charge in [0.1, 0.15) is 17.9 Å². The summed E-state index contributed by atoms with van der Waals surface area (Å²) in [6, 6.07) is 6.09. The van der Waals surface area contributed by atoms with Gasteiger partial charge in [-0.05, 0) is 52.2 Å². The molecule has 3 heterocycles. The summed E-state index contributed by atoms with van der Waals surface area (Å²) in [4.78, 5) is 23.9. The predicted molar refractivity (Wildman–Crippen MR) is 111 cm³/mol. The summed E-state index contributed by atoms with van der Waals surface area (Å²) < 4.78 is 5.75. The van der Waals surface area contributed by atoms with Crippen LogP contribution < -0.4 is 10.2 Å². The van der Waals surface area contributed by atoms with Crippen LogP contribution in [-0.4, -0.2) is 29.0 Å². The largest absolute Gasteiger partial charge is 0.443 e. The number of anilines is 2. The second-order valence-electron chi connectivity index (χ2n) is 7.75. The SMILES string of the molecule is Cc1ccc(NC(=O)[C@@H]2CCCN(c3ncnc4oc(C)c(C)c34)C2)c(C)c1. The highest BCUT2D eigenvalue weighted by atomic mass is 16.3. The number of benzene rings is 1. The monoisotopic (exact) mass is 378 g/mol. The zero-order valence-corrected chi connectivity index (χ0v) is 16.9. The number of aromatic nitrogens is 2. The molecule has 0 radical (unpaired) electrons. The van der Waals surface area contributed by atoms with Crippen LogP contribution in [0, 0.1) is 33.6 Å². The number of carbonyl (C=O) groups excluding carboxylic acids is 1. The number of nitrogens with one attached hydrogen (secondary N) is 1. The maximum Gasteiger partial charge on any atom is 0.231 e. The van der Waals surface area contributed by atoms with Crippen molar-refractivity contribution in [2.45, 2.75) is 40.5 Å². The number of carbonyl (C=O) groups is 1. The van der Waals surface area contributed by atoms with Crippen LogP contribution in [0.3, 0.4) is 0 Å². The van der Waals surface area contributed by atoms with Crippen LogP contribution in [-0.2, 0) is 4.79 Å². The second-order valence-corrected chi connectivity index (χ2v) is 7.75. The summed E-state index contributed by atoms with van der Waals surface area (Å²) in [7, 11) is 0. The Hall–Kier alpha value is -2.89. The zero-order chi connectivity index (χ0) is 19.8. The van der Waals surface area contributed by atoms with Crippen LogP contribution >= 0.6 is 0 Å². The molecule has 1 aliphatic rings. The highest BCUT2D eigenvalue weighted by Gasteiger charge is 2.29. The number of rotatable bonds is 3. The Kier molecular flexibility index (Phi) is 4.79. The average molecular weight is 378 g/mol. The fourth-order valence-electron chi connectivity index (χ4n) is 3.98. The van der Waals surface area contributed by atoms with Gasteiger partial charge in [-0.25, -0.2) is 9.97 Å². The molecule has 146 valence electrons. The van der Waals surface area contributed by atoms with Gasteiger partial charge < -0.3 is 14.6 Å². The van der Waals surface area contributed by atoms with Crippen molar-refractivity contribution in [2.24, 2.45) is 5.92 Å². The first-order valence-corrected chi connectivity index (χ1v) is 9.78. The minimum absolute atomic E-state index is 0.0713. The highest BCUT2D eigenvalue weighted by Crippen LogP contribution is 2.33. The molecule has 28 heavy (non-hydrogen) atoms. The van der Waals surface area contributed by atoms with E-state index in [0.29, 0.717) is 12.3 Å². The molecule has 0 saturated carbocycles. The molecule has 0 aliphatic carbocycles. The van der Waals surface area contributed by atoms with Crippen LogP contribution in [0.5, 0.6) is 0 Å². The van der Waals surface area contributed by atoms with Gasteiger partial charge in [0.15, 0.2) is 0 Å². The van der Waals surface area contributed by atoms with Crippen molar-refractivity contribution >= 4 is 28.5 Å². The Morgan fingerprint density at radius 3 is 2.82 bits per heavy atom. The van der Waals surface area contributed by atoms with Gasteiger partial charge in [-0.3, -0.25) is 4.79 Å². The molecule has 6 heteroatoms. The Morgan fingerprint density at radius 1 is 1.21 bits per heavy atom. The van der Waals surface area contributed by atoms with E-state index in [1.165, 1.54) is 5.56 Å². The van der Waals surface area contributed by atoms with E-state index < -0.39 is 0 Å². The van der Waals surface area contributed by atoms with E-state index in [0.717, 1.165) is 53.2 Å². The van der Waals surface area contributed by atoms with Crippen LogP contribution in [0.1, 0.15) is 35.3 Å². The van der Waals surface area contributed by atoms with Crippen molar-refractivity contribution < 1.29 is 9.21 Å². The molecular weight excluding hydrogens is 352 g/mol. The van der Waals surface area contributed by atoms with Crippen molar-refractivity contribution in [1.29, 1.82) is 0 Å². The summed E-state index contributed by atoms with van der Waals surface area (Å²) in [5, 5.41) is 4.07. The first kappa shape index (κ1) is 18.5. The van der Waals surface area contributed by atoms with E-state index in [1.807, 2.05) is 32.9 Å². The number of piperidine rings is 1. The van der Waals surface area contributed by atoms with Gasteiger partial charge in [0.25, 0.3) is 0 Å². The number of furan rings is 1. The molecule has 0 bridgehead atoms. The summed E-state index contributed by atoms with van der Waals surface area (Å²) in [6.07, 6.45) is 3.37. The number of nitrogens with zero attached hydrogens (tertiary/aromatic N) is 3. The highest BCUT2D eigenvalue weighted by molar-refractivity contribution is 5.94. The lowest BCUT2D eigenvalue weighted by Crippen LogP contribution is -2.41. The van der Waals surface area contributed by atoms with Gasteiger partial charge in [0.05, 0.1) is 11.3 Å². The zero-order valence-electron chi connectivity index (χ0n) is 16.9. The van der Waals surface area contributed by atoms with Gasteiger partial charge in [0, 0.05) is 24.3 Å². The van der Waals surface area contributed by atoms with E-state index >= 15 is 0 Å². The lowest BCUT2D eigenvalue weighted by Gasteiger charge is -2.33. The molecule has 1 aromatic carbocycles. The number of aryl methyl sites for hydroxylation is 4. The van der Waals surface area contributed by atoms with E-state index in [4.69, 9.17) is 4.42 Å². The molecule has 4 rings (SSSR count). The number of hydrogen-bond donors (Lipinski definition) is 1. The van der Waals surface area contributed by atoms with Gasteiger partial charge in [-0.2, -0.15) is 0 Å². The third-order valence-corrected chi connectivity index (χ3v) is 5.68. The average Bonchev–Trinajstić information content (AvgIpc) is 2.98. The molecular formula is C22H26N4O2. The third-order valence-electron chi connectivity index (χ3n) is 5.68. The minimum atomic E-state index is -0.0761. The van der Waals surface area contributed by atoms with Gasteiger partial charge in [-0.1, -0.05) is 17.7 Å². The number of fused-ring (bicyclic) bond motifs is 1. The lowest BCUT2D eigenvalue weighted by atomic mass is 9.96. The van der Waals surface area contributed by atoms with E-state index in [1.54, 1.807) is 6.33 Å². The maximum atomic E-state index is 12.9. The second kappa shape index (κ2) is 7.26. The topological polar surface area (TPSA) is 71.3 Å². The normalized spacial score (nSPS) is 17.1. The standard InChI is InChI=1S/C22H26N4O2/c1-13-7-8-18(14(2)10-13)25-21(27)17-6-5-9-26(11-17)20-19-15(3)16(4)28-22(19)24-12-23-20/h7-8,10,12,17H,5-6,9,11H2,1-4H3,(H,25,27)/t17-/m1/s1. The van der Waals surface area contributed by atoms with Crippen molar-refractivity contribution in [2.75, 3.05) is 23.3 Å². The Morgan fingerprint density at radius 2 is 2.04 bits per heavy atom. The first-order chi connectivity index (χ1) is 13.4. The molecule has 1 N–H and O–H groups in total. The van der Waals surface area contributed by atoms with Gasteiger partial charge >= 0.3 is 0 Å². The molecule has 3 aromatic rings. The first-order valence-electron chi connectivity index (χ1n) is 9.78. The fourth-order valence-corrected chi connectivity index (χ4v) is 3.98. The van der Waals surface area contributed by atoms with Crippen LogP contribution in [0.4, 0.5) is 11.5 Å². The Labute approximate surface area is 165 Å². The fraction of sp³-hybridized carbons (Fsp3) is 0.409. The maximum absolute atomic E-state index is 12.9.